The predicted molar refractivity (Wildman–Crippen MR) is 83.2 cm³/mol. The van der Waals surface area contributed by atoms with E-state index in [2.05, 4.69) is 10.3 Å². The van der Waals surface area contributed by atoms with Gasteiger partial charge in [0.05, 0.1) is 10.7 Å². The number of amides is 1. The van der Waals surface area contributed by atoms with Crippen molar-refractivity contribution in [2.45, 2.75) is 33.2 Å². The van der Waals surface area contributed by atoms with E-state index < -0.39 is 0 Å². The summed E-state index contributed by atoms with van der Waals surface area (Å²) in [6.45, 7) is 4.44. The van der Waals surface area contributed by atoms with Crippen LogP contribution in [0.5, 0.6) is 0 Å². The molecule has 0 spiro atoms. The monoisotopic (exact) mass is 308 g/mol. The van der Waals surface area contributed by atoms with Gasteiger partial charge in [-0.3, -0.25) is 4.79 Å². The highest BCUT2D eigenvalue weighted by Gasteiger charge is 2.08. The fourth-order valence-corrected chi connectivity index (χ4v) is 3.10. The standard InChI is InChI=1S/C15H17ClN2OS/c1-10-14(20-11(2)18-10)7-8-15(19)17-9-12-5-3-4-6-13(12)16/h3-6H,7-9H2,1-2H3,(H,17,19). The van der Waals surface area contributed by atoms with Gasteiger partial charge in [0.1, 0.15) is 0 Å². The van der Waals surface area contributed by atoms with Gasteiger partial charge in [-0.1, -0.05) is 29.8 Å². The highest BCUT2D eigenvalue weighted by Crippen LogP contribution is 2.19. The molecule has 0 aliphatic carbocycles. The predicted octanol–water partition coefficient (Wildman–Crippen LogP) is 3.66. The molecule has 0 saturated carbocycles. The number of hydrogen-bond acceptors (Lipinski definition) is 3. The van der Waals surface area contributed by atoms with E-state index in [-0.39, 0.29) is 5.91 Å². The van der Waals surface area contributed by atoms with Crippen LogP contribution in [-0.2, 0) is 17.8 Å². The largest absolute Gasteiger partial charge is 0.352 e. The normalized spacial score (nSPS) is 10.6. The van der Waals surface area contributed by atoms with Crippen LogP contribution >= 0.6 is 22.9 Å². The second-order valence-electron chi connectivity index (χ2n) is 4.61. The number of nitrogens with one attached hydrogen (secondary N) is 1. The number of halogens is 1. The lowest BCUT2D eigenvalue weighted by molar-refractivity contribution is -0.121. The van der Waals surface area contributed by atoms with Gasteiger partial charge in [-0.15, -0.1) is 11.3 Å². The Labute approximate surface area is 128 Å². The zero-order valence-electron chi connectivity index (χ0n) is 11.6. The fraction of sp³-hybridized carbons (Fsp3) is 0.333. The summed E-state index contributed by atoms with van der Waals surface area (Å²) in [4.78, 5) is 17.4. The highest BCUT2D eigenvalue weighted by molar-refractivity contribution is 7.11. The van der Waals surface area contributed by atoms with E-state index in [1.165, 1.54) is 4.88 Å². The van der Waals surface area contributed by atoms with Crippen LogP contribution in [0, 0.1) is 13.8 Å². The van der Waals surface area contributed by atoms with Crippen molar-refractivity contribution in [3.8, 4) is 0 Å². The van der Waals surface area contributed by atoms with Crippen molar-refractivity contribution >= 4 is 28.8 Å². The number of aryl methyl sites for hydroxylation is 3. The Balaban J connectivity index is 1.82. The molecule has 1 aromatic carbocycles. The number of carbonyl (C=O) groups is 1. The molecule has 1 amide bonds. The van der Waals surface area contributed by atoms with Crippen LogP contribution in [-0.4, -0.2) is 10.9 Å². The Morgan fingerprint density at radius 2 is 2.10 bits per heavy atom. The number of carbonyl (C=O) groups excluding carboxylic acids is 1. The van der Waals surface area contributed by atoms with Gasteiger partial charge in [-0.05, 0) is 31.9 Å². The maximum absolute atomic E-state index is 11.8. The summed E-state index contributed by atoms with van der Waals surface area (Å²) in [5, 5.41) is 4.63. The average Bonchev–Trinajstić information content (AvgIpc) is 2.74. The molecule has 0 saturated heterocycles. The molecular weight excluding hydrogens is 292 g/mol. The van der Waals surface area contributed by atoms with Crippen LogP contribution in [0.2, 0.25) is 5.02 Å². The molecule has 2 rings (SSSR count). The molecule has 0 fully saturated rings. The average molecular weight is 309 g/mol. The fourth-order valence-electron chi connectivity index (χ4n) is 1.96. The van der Waals surface area contributed by atoms with Crippen LogP contribution in [0.15, 0.2) is 24.3 Å². The van der Waals surface area contributed by atoms with Crippen molar-refractivity contribution in [1.82, 2.24) is 10.3 Å². The molecule has 3 nitrogen and oxygen atoms in total. The third kappa shape index (κ3) is 4.05. The molecule has 1 aromatic heterocycles. The molecule has 1 N–H and O–H groups in total. The quantitative estimate of drug-likeness (QED) is 0.916. The van der Waals surface area contributed by atoms with Gasteiger partial charge in [-0.2, -0.15) is 0 Å². The van der Waals surface area contributed by atoms with E-state index in [1.807, 2.05) is 38.1 Å². The third-order valence-electron chi connectivity index (χ3n) is 3.01. The first-order valence-electron chi connectivity index (χ1n) is 6.49. The second kappa shape index (κ2) is 6.86. The van der Waals surface area contributed by atoms with Gasteiger partial charge in [0.15, 0.2) is 0 Å². The minimum atomic E-state index is 0.0374. The summed E-state index contributed by atoms with van der Waals surface area (Å²) >= 11 is 7.71. The molecule has 1 heterocycles. The minimum absolute atomic E-state index is 0.0374. The Morgan fingerprint density at radius 3 is 2.75 bits per heavy atom. The Kier molecular flexibility index (Phi) is 5.15. The van der Waals surface area contributed by atoms with Crippen LogP contribution in [0.3, 0.4) is 0 Å². The van der Waals surface area contributed by atoms with E-state index in [9.17, 15) is 4.79 Å². The molecule has 0 unspecified atom stereocenters. The van der Waals surface area contributed by atoms with Gasteiger partial charge in [0, 0.05) is 22.9 Å². The van der Waals surface area contributed by atoms with E-state index >= 15 is 0 Å². The van der Waals surface area contributed by atoms with Crippen molar-refractivity contribution in [3.63, 3.8) is 0 Å². The van der Waals surface area contributed by atoms with E-state index in [4.69, 9.17) is 11.6 Å². The SMILES string of the molecule is Cc1nc(C)c(CCC(=O)NCc2ccccc2Cl)s1. The minimum Gasteiger partial charge on any atom is -0.352 e. The van der Waals surface area contributed by atoms with Crippen LogP contribution < -0.4 is 5.32 Å². The lowest BCUT2D eigenvalue weighted by Crippen LogP contribution is -2.23. The number of aromatic nitrogens is 1. The molecular formula is C15H17ClN2OS. The number of thiazole rings is 1. The first-order valence-corrected chi connectivity index (χ1v) is 7.68. The lowest BCUT2D eigenvalue weighted by atomic mass is 10.2. The number of benzene rings is 1. The third-order valence-corrected chi connectivity index (χ3v) is 4.51. The molecule has 0 atom stereocenters. The molecule has 2 aromatic rings. The summed E-state index contributed by atoms with van der Waals surface area (Å²) in [5.74, 6) is 0.0374. The summed E-state index contributed by atoms with van der Waals surface area (Å²) in [7, 11) is 0. The van der Waals surface area contributed by atoms with Gasteiger partial charge in [0.2, 0.25) is 5.91 Å². The number of hydrogen-bond donors (Lipinski definition) is 1. The van der Waals surface area contributed by atoms with Crippen molar-refractivity contribution in [1.29, 1.82) is 0 Å². The van der Waals surface area contributed by atoms with E-state index in [0.717, 1.165) is 22.7 Å². The summed E-state index contributed by atoms with van der Waals surface area (Å²) in [5.41, 5.74) is 1.97. The van der Waals surface area contributed by atoms with Crippen molar-refractivity contribution in [2.75, 3.05) is 0 Å². The molecule has 0 aliphatic heterocycles. The Morgan fingerprint density at radius 1 is 1.35 bits per heavy atom. The first-order chi connectivity index (χ1) is 9.56. The Hall–Kier alpha value is -1.39. The summed E-state index contributed by atoms with van der Waals surface area (Å²) < 4.78 is 0. The van der Waals surface area contributed by atoms with Crippen molar-refractivity contribution in [2.24, 2.45) is 0 Å². The second-order valence-corrected chi connectivity index (χ2v) is 6.30. The molecule has 0 radical (unpaired) electrons. The van der Waals surface area contributed by atoms with Crippen LogP contribution in [0.1, 0.15) is 27.6 Å². The lowest BCUT2D eigenvalue weighted by Gasteiger charge is -2.06. The first kappa shape index (κ1) is 15.0. The van der Waals surface area contributed by atoms with Gasteiger partial charge in [0.25, 0.3) is 0 Å². The molecule has 20 heavy (non-hydrogen) atoms. The summed E-state index contributed by atoms with van der Waals surface area (Å²) in [6, 6.07) is 7.53. The zero-order valence-corrected chi connectivity index (χ0v) is 13.1. The van der Waals surface area contributed by atoms with Crippen LogP contribution in [0.25, 0.3) is 0 Å². The van der Waals surface area contributed by atoms with Gasteiger partial charge >= 0.3 is 0 Å². The van der Waals surface area contributed by atoms with Crippen molar-refractivity contribution < 1.29 is 4.79 Å². The smallest absolute Gasteiger partial charge is 0.220 e. The van der Waals surface area contributed by atoms with E-state index in [0.29, 0.717) is 18.0 Å². The van der Waals surface area contributed by atoms with Crippen LogP contribution in [0.4, 0.5) is 0 Å². The zero-order chi connectivity index (χ0) is 14.5. The highest BCUT2D eigenvalue weighted by atomic mass is 35.5. The maximum Gasteiger partial charge on any atom is 0.220 e. The topological polar surface area (TPSA) is 42.0 Å². The van der Waals surface area contributed by atoms with Gasteiger partial charge in [-0.25, -0.2) is 4.98 Å². The maximum atomic E-state index is 11.8. The number of rotatable bonds is 5. The number of nitrogens with zero attached hydrogens (tertiary/aromatic N) is 1. The molecule has 5 heteroatoms. The molecule has 0 bridgehead atoms. The van der Waals surface area contributed by atoms with Crippen molar-refractivity contribution in [3.05, 3.63) is 50.4 Å². The summed E-state index contributed by atoms with van der Waals surface area (Å²) in [6.07, 6.45) is 1.22. The van der Waals surface area contributed by atoms with E-state index in [1.54, 1.807) is 11.3 Å². The molecule has 0 aliphatic rings. The van der Waals surface area contributed by atoms with Gasteiger partial charge < -0.3 is 5.32 Å². The Bertz CT molecular complexity index is 610. The molecule has 106 valence electrons.